The maximum Gasteiger partial charge on any atom is 0.117 e. The normalized spacial score (nSPS) is 9.73. The van der Waals surface area contributed by atoms with E-state index in [0.717, 1.165) is 17.2 Å². The van der Waals surface area contributed by atoms with Crippen LogP contribution in [-0.4, -0.2) is 12.3 Å². The van der Waals surface area contributed by atoms with Gasteiger partial charge in [-0.3, -0.25) is 10.3 Å². The number of rotatable bonds is 1. The molecule has 0 unspecified atom stereocenters. The van der Waals surface area contributed by atoms with E-state index in [9.17, 15) is 9.50 Å². The van der Waals surface area contributed by atoms with Crippen molar-refractivity contribution in [1.82, 2.24) is 0 Å². The maximum absolute atomic E-state index is 12.5. The zero-order valence-corrected chi connectivity index (χ0v) is 5.91. The van der Waals surface area contributed by atoms with Crippen LogP contribution in [0.3, 0.4) is 0 Å². The number of nitrogens with zero attached hydrogens (tertiary/aromatic N) is 1. The van der Waals surface area contributed by atoms with Crippen LogP contribution in [0.15, 0.2) is 18.2 Å². The molecule has 1 aromatic carbocycles. The average Bonchev–Trinajstić information content (AvgIpc) is 1.94. The molecular formula is C7H7FNO2-. The fraction of sp³-hybridized carbons (Fsp3) is 0.143. The second-order valence-electron chi connectivity index (χ2n) is 2.14. The standard InChI is InChI=1S/C7H8FNO2/c1-9(11)5-2-3-7(10)6(8)4-5/h2-4,10-11H,1H3/p-1. The predicted octanol–water partition coefficient (Wildman–Crippen LogP) is 0.725. The number of anilines is 1. The van der Waals surface area contributed by atoms with Crippen molar-refractivity contribution >= 4 is 5.69 Å². The minimum absolute atomic E-state index is 0.252. The highest BCUT2D eigenvalue weighted by molar-refractivity contribution is 5.46. The van der Waals surface area contributed by atoms with Crippen molar-refractivity contribution in [2.75, 3.05) is 12.1 Å². The molecule has 4 heteroatoms. The van der Waals surface area contributed by atoms with Gasteiger partial charge in [0.1, 0.15) is 5.82 Å². The first kappa shape index (κ1) is 7.81. The molecule has 1 aromatic rings. The number of halogens is 1. The lowest BCUT2D eigenvalue weighted by molar-refractivity contribution is -0.272. The highest BCUT2D eigenvalue weighted by Gasteiger charge is 1.97. The second-order valence-corrected chi connectivity index (χ2v) is 2.14. The third-order valence-electron chi connectivity index (χ3n) is 1.29. The lowest BCUT2D eigenvalue weighted by Crippen LogP contribution is -2.10. The molecule has 0 amide bonds. The van der Waals surface area contributed by atoms with Gasteiger partial charge in [-0.2, -0.15) is 0 Å². The molecule has 0 atom stereocenters. The molecule has 60 valence electrons. The average molecular weight is 156 g/mol. The first-order valence-electron chi connectivity index (χ1n) is 3.00. The zero-order chi connectivity index (χ0) is 8.43. The Morgan fingerprint density at radius 1 is 1.55 bits per heavy atom. The van der Waals surface area contributed by atoms with E-state index < -0.39 is 11.6 Å². The van der Waals surface area contributed by atoms with E-state index in [1.807, 2.05) is 0 Å². The first-order chi connectivity index (χ1) is 5.11. The molecule has 0 aromatic heterocycles. The van der Waals surface area contributed by atoms with Gasteiger partial charge in [0.25, 0.3) is 0 Å². The van der Waals surface area contributed by atoms with Crippen LogP contribution in [0, 0.1) is 5.82 Å². The molecule has 1 rings (SSSR count). The van der Waals surface area contributed by atoms with E-state index in [4.69, 9.17) is 5.21 Å². The van der Waals surface area contributed by atoms with Crippen molar-refractivity contribution in [3.8, 4) is 5.75 Å². The van der Waals surface area contributed by atoms with E-state index in [1.54, 1.807) is 0 Å². The molecule has 0 spiro atoms. The molecule has 1 N–H and O–H groups in total. The van der Waals surface area contributed by atoms with Gasteiger partial charge < -0.3 is 5.11 Å². The molecule has 0 saturated carbocycles. The largest absolute Gasteiger partial charge is 0.870 e. The van der Waals surface area contributed by atoms with Gasteiger partial charge >= 0.3 is 0 Å². The molecule has 0 heterocycles. The minimum atomic E-state index is -0.858. The van der Waals surface area contributed by atoms with Crippen molar-refractivity contribution in [1.29, 1.82) is 0 Å². The molecule has 0 saturated heterocycles. The lowest BCUT2D eigenvalue weighted by Gasteiger charge is -2.13. The van der Waals surface area contributed by atoms with Crippen molar-refractivity contribution in [2.45, 2.75) is 0 Å². The Kier molecular flexibility index (Phi) is 1.96. The summed E-state index contributed by atoms with van der Waals surface area (Å²) in [4.78, 5) is 0. The van der Waals surface area contributed by atoms with Gasteiger partial charge in [-0.05, 0) is 12.1 Å². The maximum atomic E-state index is 12.5. The van der Waals surface area contributed by atoms with E-state index in [-0.39, 0.29) is 5.69 Å². The Bertz CT molecular complexity index is 263. The third kappa shape index (κ3) is 1.59. The Balaban J connectivity index is 3.05. The molecule has 3 nitrogen and oxygen atoms in total. The Labute approximate surface area is 63.3 Å². The monoisotopic (exact) mass is 156 g/mol. The highest BCUT2D eigenvalue weighted by atomic mass is 19.1. The van der Waals surface area contributed by atoms with Crippen molar-refractivity contribution in [2.24, 2.45) is 0 Å². The van der Waals surface area contributed by atoms with Crippen LogP contribution in [0.2, 0.25) is 0 Å². The number of hydrogen-bond acceptors (Lipinski definition) is 3. The summed E-state index contributed by atoms with van der Waals surface area (Å²) in [5.41, 5.74) is 0.252. The van der Waals surface area contributed by atoms with Crippen LogP contribution in [0.4, 0.5) is 10.1 Å². The summed E-state index contributed by atoms with van der Waals surface area (Å²) >= 11 is 0. The predicted molar refractivity (Wildman–Crippen MR) is 36.0 cm³/mol. The van der Waals surface area contributed by atoms with Gasteiger partial charge in [0, 0.05) is 7.05 Å². The van der Waals surface area contributed by atoms with Gasteiger partial charge in [0.2, 0.25) is 0 Å². The lowest BCUT2D eigenvalue weighted by atomic mass is 10.3. The summed E-state index contributed by atoms with van der Waals surface area (Å²) in [6, 6.07) is 3.38. The molecule has 0 bridgehead atoms. The summed E-state index contributed by atoms with van der Waals surface area (Å²) in [6.07, 6.45) is 0. The zero-order valence-electron chi connectivity index (χ0n) is 5.91. The van der Waals surface area contributed by atoms with Crippen LogP contribution in [-0.2, 0) is 0 Å². The van der Waals surface area contributed by atoms with Crippen LogP contribution in [0.1, 0.15) is 0 Å². The molecule has 0 fully saturated rings. The Morgan fingerprint density at radius 3 is 2.64 bits per heavy atom. The smallest absolute Gasteiger partial charge is 0.117 e. The third-order valence-corrected chi connectivity index (χ3v) is 1.29. The summed E-state index contributed by atoms with van der Waals surface area (Å²) in [5.74, 6) is -1.53. The van der Waals surface area contributed by atoms with Crippen molar-refractivity contribution in [3.63, 3.8) is 0 Å². The molecule has 0 aliphatic carbocycles. The van der Waals surface area contributed by atoms with E-state index >= 15 is 0 Å². The molecule has 0 radical (unpaired) electrons. The van der Waals surface area contributed by atoms with Crippen LogP contribution in [0.5, 0.6) is 5.75 Å². The van der Waals surface area contributed by atoms with E-state index in [1.165, 1.54) is 13.1 Å². The van der Waals surface area contributed by atoms with Gasteiger partial charge in [-0.1, -0.05) is 11.8 Å². The quantitative estimate of drug-likeness (QED) is 0.609. The molecular weight excluding hydrogens is 149 g/mol. The summed E-state index contributed by atoms with van der Waals surface area (Å²) in [6.45, 7) is 0. The first-order valence-corrected chi connectivity index (χ1v) is 3.00. The number of benzene rings is 1. The van der Waals surface area contributed by atoms with Crippen LogP contribution >= 0.6 is 0 Å². The topological polar surface area (TPSA) is 46.5 Å². The van der Waals surface area contributed by atoms with Crippen LogP contribution < -0.4 is 10.2 Å². The number of hydroxylamine groups is 1. The fourth-order valence-corrected chi connectivity index (χ4v) is 0.691. The Morgan fingerprint density at radius 2 is 2.18 bits per heavy atom. The van der Waals surface area contributed by atoms with Crippen molar-refractivity contribution < 1.29 is 14.7 Å². The Hall–Kier alpha value is -1.29. The summed E-state index contributed by atoms with van der Waals surface area (Å²) in [7, 11) is 1.35. The number of hydrogen-bond donors (Lipinski definition) is 1. The minimum Gasteiger partial charge on any atom is -0.870 e. The molecule has 0 aliphatic heterocycles. The van der Waals surface area contributed by atoms with Crippen LogP contribution in [0.25, 0.3) is 0 Å². The molecule has 0 aliphatic rings. The van der Waals surface area contributed by atoms with Crippen molar-refractivity contribution in [3.05, 3.63) is 24.0 Å². The highest BCUT2D eigenvalue weighted by Crippen LogP contribution is 2.18. The van der Waals surface area contributed by atoms with E-state index in [2.05, 4.69) is 0 Å². The fourth-order valence-electron chi connectivity index (χ4n) is 0.691. The van der Waals surface area contributed by atoms with E-state index in [0.29, 0.717) is 0 Å². The van der Waals surface area contributed by atoms with Gasteiger partial charge in [-0.25, -0.2) is 4.39 Å². The summed E-state index contributed by atoms with van der Waals surface area (Å²) < 4.78 is 12.5. The summed E-state index contributed by atoms with van der Waals surface area (Å²) in [5, 5.41) is 20.1. The van der Waals surface area contributed by atoms with Gasteiger partial charge in [0.15, 0.2) is 0 Å². The van der Waals surface area contributed by atoms with Gasteiger partial charge in [-0.15, -0.1) is 0 Å². The van der Waals surface area contributed by atoms with Gasteiger partial charge in [0.05, 0.1) is 5.69 Å². The SMILES string of the molecule is CN(O)c1ccc([O-])c(F)c1. The second kappa shape index (κ2) is 2.75. The molecule has 11 heavy (non-hydrogen) atoms.